The summed E-state index contributed by atoms with van der Waals surface area (Å²) in [6, 6.07) is 29.9. The Hall–Kier alpha value is -3.92. The molecule has 0 unspecified atom stereocenters. The van der Waals surface area contributed by atoms with E-state index in [1.807, 2.05) is 6.33 Å². The van der Waals surface area contributed by atoms with Gasteiger partial charge in [-0.25, -0.2) is 0 Å². The van der Waals surface area contributed by atoms with Crippen molar-refractivity contribution in [1.82, 2.24) is 19.3 Å². The highest BCUT2D eigenvalue weighted by molar-refractivity contribution is 6.12. The van der Waals surface area contributed by atoms with E-state index in [-0.39, 0.29) is 0 Å². The highest BCUT2D eigenvalue weighted by atomic mass is 15.3. The Labute approximate surface area is 174 Å². The second-order valence-electron chi connectivity index (χ2n) is 7.52. The summed E-state index contributed by atoms with van der Waals surface area (Å²) in [4.78, 5) is 0. The maximum absolute atomic E-state index is 4.49. The highest BCUT2D eigenvalue weighted by Gasteiger charge is 2.17. The number of benzene rings is 4. The molecule has 0 saturated carbocycles. The van der Waals surface area contributed by atoms with Crippen LogP contribution in [0.2, 0.25) is 0 Å². The van der Waals surface area contributed by atoms with Crippen LogP contribution in [0.3, 0.4) is 0 Å². The van der Waals surface area contributed by atoms with Crippen molar-refractivity contribution in [3.05, 3.63) is 91.3 Å². The molecule has 0 aliphatic heterocycles. The van der Waals surface area contributed by atoms with Gasteiger partial charge in [0.25, 0.3) is 0 Å². The van der Waals surface area contributed by atoms with Crippen molar-refractivity contribution in [1.29, 1.82) is 0 Å². The Balaban J connectivity index is 1.64. The molecule has 0 aliphatic carbocycles. The molecule has 0 amide bonds. The number of nitrogens with zero attached hydrogens (tertiary/aromatic N) is 4. The monoisotopic (exact) mass is 388 g/mol. The molecular formula is C26H20N4. The molecule has 0 saturated heterocycles. The lowest BCUT2D eigenvalue weighted by atomic mass is 10.1. The predicted octanol–water partition coefficient (Wildman–Crippen LogP) is 6.22. The third-order valence-corrected chi connectivity index (χ3v) is 5.91. The lowest BCUT2D eigenvalue weighted by Gasteiger charge is -2.10. The number of fused-ring (bicyclic) bond motifs is 4. The molecule has 0 aliphatic rings. The van der Waals surface area contributed by atoms with Crippen molar-refractivity contribution >= 4 is 32.6 Å². The summed E-state index contributed by atoms with van der Waals surface area (Å²) in [6.07, 6.45) is 1.82. The van der Waals surface area contributed by atoms with Crippen LogP contribution in [0, 0.1) is 0 Å². The van der Waals surface area contributed by atoms with Gasteiger partial charge >= 0.3 is 0 Å². The quantitative estimate of drug-likeness (QED) is 0.361. The molecule has 0 atom stereocenters. The van der Waals surface area contributed by atoms with E-state index < -0.39 is 0 Å². The molecule has 0 bridgehead atoms. The standard InChI is InChI=1S/C26H20N4/c1-2-29-22-11-6-5-10-21(22)25-23(29)12-7-13-24(25)30-17-27-28-26(30)20-15-14-18-8-3-4-9-19(18)16-20/h3-17H,2H2,1H3. The van der Waals surface area contributed by atoms with Crippen molar-refractivity contribution in [2.24, 2.45) is 0 Å². The van der Waals surface area contributed by atoms with E-state index in [0.717, 1.165) is 23.6 Å². The van der Waals surface area contributed by atoms with Crippen LogP contribution in [-0.4, -0.2) is 19.3 Å². The Kier molecular flexibility index (Phi) is 3.71. The average Bonchev–Trinajstić information content (AvgIpc) is 3.41. The fourth-order valence-electron chi connectivity index (χ4n) is 4.56. The van der Waals surface area contributed by atoms with Gasteiger partial charge in [-0.2, -0.15) is 0 Å². The number of aryl methyl sites for hydroxylation is 1. The number of rotatable bonds is 3. The number of hydrogen-bond acceptors (Lipinski definition) is 2. The third-order valence-electron chi connectivity index (χ3n) is 5.91. The van der Waals surface area contributed by atoms with Gasteiger partial charge in [-0.15, -0.1) is 10.2 Å². The molecular weight excluding hydrogens is 368 g/mol. The summed E-state index contributed by atoms with van der Waals surface area (Å²) in [5.41, 5.74) is 4.64. The Morgan fingerprint density at radius 1 is 0.767 bits per heavy atom. The van der Waals surface area contributed by atoms with Gasteiger partial charge in [0.1, 0.15) is 6.33 Å². The summed E-state index contributed by atoms with van der Waals surface area (Å²) in [6.45, 7) is 3.12. The molecule has 30 heavy (non-hydrogen) atoms. The van der Waals surface area contributed by atoms with Gasteiger partial charge in [0.05, 0.1) is 11.2 Å². The molecule has 0 radical (unpaired) electrons. The second-order valence-corrected chi connectivity index (χ2v) is 7.52. The van der Waals surface area contributed by atoms with Gasteiger partial charge in [0.15, 0.2) is 5.82 Å². The first-order chi connectivity index (χ1) is 14.8. The van der Waals surface area contributed by atoms with Crippen LogP contribution in [0.4, 0.5) is 0 Å². The van der Waals surface area contributed by atoms with Gasteiger partial charge in [-0.1, -0.05) is 60.7 Å². The zero-order valence-electron chi connectivity index (χ0n) is 16.7. The summed E-state index contributed by atoms with van der Waals surface area (Å²) in [7, 11) is 0. The Bertz CT molecular complexity index is 1540. The first kappa shape index (κ1) is 17.0. The van der Waals surface area contributed by atoms with E-state index in [1.165, 1.54) is 32.6 Å². The molecule has 4 heteroatoms. The molecule has 4 aromatic carbocycles. The van der Waals surface area contributed by atoms with Gasteiger partial charge in [0.2, 0.25) is 0 Å². The largest absolute Gasteiger partial charge is 0.341 e. The lowest BCUT2D eigenvalue weighted by Crippen LogP contribution is -1.98. The van der Waals surface area contributed by atoms with Crippen molar-refractivity contribution in [3.8, 4) is 17.1 Å². The zero-order valence-corrected chi connectivity index (χ0v) is 16.7. The molecule has 144 valence electrons. The minimum absolute atomic E-state index is 0.849. The summed E-state index contributed by atoms with van der Waals surface area (Å²) in [5.74, 6) is 0.849. The Morgan fingerprint density at radius 3 is 2.47 bits per heavy atom. The maximum Gasteiger partial charge on any atom is 0.168 e. The lowest BCUT2D eigenvalue weighted by molar-refractivity contribution is 0.827. The van der Waals surface area contributed by atoms with E-state index >= 15 is 0 Å². The summed E-state index contributed by atoms with van der Waals surface area (Å²) >= 11 is 0. The number of aromatic nitrogens is 4. The summed E-state index contributed by atoms with van der Waals surface area (Å²) < 4.78 is 4.48. The molecule has 4 nitrogen and oxygen atoms in total. The molecule has 6 rings (SSSR count). The molecule has 0 spiro atoms. The predicted molar refractivity (Wildman–Crippen MR) is 123 cm³/mol. The van der Waals surface area contributed by atoms with E-state index in [0.29, 0.717) is 0 Å². The van der Waals surface area contributed by atoms with Crippen LogP contribution in [0.25, 0.3) is 49.7 Å². The van der Waals surface area contributed by atoms with Crippen molar-refractivity contribution < 1.29 is 0 Å². The minimum atomic E-state index is 0.849. The van der Waals surface area contributed by atoms with Crippen LogP contribution in [0.5, 0.6) is 0 Å². The number of para-hydroxylation sites is 1. The van der Waals surface area contributed by atoms with Gasteiger partial charge in [-0.05, 0) is 42.0 Å². The van der Waals surface area contributed by atoms with E-state index in [9.17, 15) is 0 Å². The fourth-order valence-corrected chi connectivity index (χ4v) is 4.56. The minimum Gasteiger partial charge on any atom is -0.341 e. The average molecular weight is 388 g/mol. The van der Waals surface area contributed by atoms with Gasteiger partial charge in [0, 0.05) is 28.4 Å². The number of hydrogen-bond donors (Lipinski definition) is 0. The second kappa shape index (κ2) is 6.56. The first-order valence-corrected chi connectivity index (χ1v) is 10.2. The zero-order chi connectivity index (χ0) is 20.1. The van der Waals surface area contributed by atoms with E-state index in [2.05, 4.69) is 111 Å². The smallest absolute Gasteiger partial charge is 0.168 e. The van der Waals surface area contributed by atoms with Crippen LogP contribution in [0.1, 0.15) is 6.92 Å². The van der Waals surface area contributed by atoms with Crippen LogP contribution < -0.4 is 0 Å². The van der Waals surface area contributed by atoms with Gasteiger partial charge in [-0.3, -0.25) is 4.57 Å². The normalized spacial score (nSPS) is 11.6. The topological polar surface area (TPSA) is 35.6 Å². The molecule has 0 N–H and O–H groups in total. The molecule has 2 aromatic heterocycles. The highest BCUT2D eigenvalue weighted by Crippen LogP contribution is 2.35. The van der Waals surface area contributed by atoms with E-state index in [4.69, 9.17) is 0 Å². The Morgan fingerprint density at radius 2 is 1.57 bits per heavy atom. The van der Waals surface area contributed by atoms with Crippen molar-refractivity contribution in [3.63, 3.8) is 0 Å². The SMILES string of the molecule is CCn1c2ccccc2c2c(-n3cnnc3-c3ccc4ccccc4c3)cccc21. The van der Waals surface area contributed by atoms with Crippen LogP contribution in [-0.2, 0) is 6.54 Å². The summed E-state index contributed by atoms with van der Waals surface area (Å²) in [5, 5.41) is 13.7. The third kappa shape index (κ3) is 2.40. The van der Waals surface area contributed by atoms with Crippen LogP contribution >= 0.6 is 0 Å². The molecule has 2 heterocycles. The molecule has 0 fully saturated rings. The van der Waals surface area contributed by atoms with Crippen molar-refractivity contribution in [2.75, 3.05) is 0 Å². The van der Waals surface area contributed by atoms with Gasteiger partial charge < -0.3 is 4.57 Å². The van der Waals surface area contributed by atoms with Crippen molar-refractivity contribution in [2.45, 2.75) is 13.5 Å². The first-order valence-electron chi connectivity index (χ1n) is 10.2. The molecule has 6 aromatic rings. The van der Waals surface area contributed by atoms with E-state index in [1.54, 1.807) is 0 Å². The van der Waals surface area contributed by atoms with Crippen LogP contribution in [0.15, 0.2) is 91.3 Å². The fraction of sp³-hybridized carbons (Fsp3) is 0.0769. The maximum atomic E-state index is 4.49.